The number of carbonyl (C=O) groups is 2. The highest BCUT2D eigenvalue weighted by Gasteiger charge is 2.35. The van der Waals surface area contributed by atoms with E-state index in [2.05, 4.69) is 6.92 Å². The van der Waals surface area contributed by atoms with E-state index in [0.29, 0.717) is 5.92 Å². The van der Waals surface area contributed by atoms with E-state index in [9.17, 15) is 9.59 Å². The molecule has 0 radical (unpaired) electrons. The normalized spacial score (nSPS) is 32.1. The maximum atomic E-state index is 11.8. The van der Waals surface area contributed by atoms with Crippen LogP contribution in [0.3, 0.4) is 0 Å². The van der Waals surface area contributed by atoms with Gasteiger partial charge in [-0.05, 0) is 12.3 Å². The number of esters is 1. The summed E-state index contributed by atoms with van der Waals surface area (Å²) in [7, 11) is 0. The molecular formula is C10H15NO3. The summed E-state index contributed by atoms with van der Waals surface area (Å²) in [5, 5.41) is 0. The van der Waals surface area contributed by atoms with Crippen molar-refractivity contribution in [1.82, 2.24) is 4.90 Å². The van der Waals surface area contributed by atoms with Gasteiger partial charge in [0.25, 0.3) is 0 Å². The lowest BCUT2D eigenvalue weighted by Gasteiger charge is -2.18. The van der Waals surface area contributed by atoms with E-state index in [4.69, 9.17) is 4.74 Å². The molecule has 2 aliphatic rings. The third-order valence-corrected chi connectivity index (χ3v) is 2.94. The minimum Gasteiger partial charge on any atom is -0.465 e. The highest BCUT2D eigenvalue weighted by Crippen LogP contribution is 2.22. The average molecular weight is 197 g/mol. The number of hydrogen-bond donors (Lipinski definition) is 0. The van der Waals surface area contributed by atoms with Gasteiger partial charge in [0.15, 0.2) is 0 Å². The number of rotatable bonds is 1. The lowest BCUT2D eigenvalue weighted by molar-refractivity contribution is -0.138. The molecule has 0 aromatic carbocycles. The van der Waals surface area contributed by atoms with Crippen molar-refractivity contribution in [2.24, 2.45) is 11.8 Å². The van der Waals surface area contributed by atoms with Crippen LogP contribution in [0.5, 0.6) is 0 Å². The second-order valence-corrected chi connectivity index (χ2v) is 4.26. The van der Waals surface area contributed by atoms with Gasteiger partial charge in [-0.25, -0.2) is 0 Å². The minimum atomic E-state index is -0.240. The number of cyclic esters (lactones) is 1. The molecule has 2 aliphatic heterocycles. The zero-order valence-corrected chi connectivity index (χ0v) is 8.36. The molecule has 0 aromatic heterocycles. The first-order valence-corrected chi connectivity index (χ1v) is 5.11. The van der Waals surface area contributed by atoms with Gasteiger partial charge in [0.1, 0.15) is 6.61 Å². The smallest absolute Gasteiger partial charge is 0.306 e. The molecule has 0 aromatic rings. The molecule has 0 bridgehead atoms. The molecule has 2 rings (SSSR count). The number of nitrogens with zero attached hydrogens (tertiary/aromatic N) is 1. The topological polar surface area (TPSA) is 46.6 Å². The molecule has 2 atom stereocenters. The highest BCUT2D eigenvalue weighted by atomic mass is 16.5. The Hall–Kier alpha value is -1.06. The second-order valence-electron chi connectivity index (χ2n) is 4.26. The lowest BCUT2D eigenvalue weighted by Crippen LogP contribution is -2.34. The van der Waals surface area contributed by atoms with Crippen molar-refractivity contribution in [3.63, 3.8) is 0 Å². The van der Waals surface area contributed by atoms with Gasteiger partial charge in [0.05, 0.1) is 12.3 Å². The van der Waals surface area contributed by atoms with E-state index < -0.39 is 0 Å². The fourth-order valence-corrected chi connectivity index (χ4v) is 2.06. The summed E-state index contributed by atoms with van der Waals surface area (Å²) in [5.41, 5.74) is 0. The maximum Gasteiger partial charge on any atom is 0.306 e. The number of amides is 1. The predicted molar refractivity (Wildman–Crippen MR) is 49.4 cm³/mol. The third-order valence-electron chi connectivity index (χ3n) is 2.94. The predicted octanol–water partition coefficient (Wildman–Crippen LogP) is 0.418. The molecule has 78 valence electrons. The molecule has 1 unspecified atom stereocenters. The van der Waals surface area contributed by atoms with Crippen molar-refractivity contribution in [2.45, 2.75) is 19.8 Å². The summed E-state index contributed by atoms with van der Waals surface area (Å²) in [6.45, 7) is 4.10. The second kappa shape index (κ2) is 3.59. The van der Waals surface area contributed by atoms with Crippen molar-refractivity contribution in [3.8, 4) is 0 Å². The Morgan fingerprint density at radius 1 is 1.57 bits per heavy atom. The molecule has 2 heterocycles. The van der Waals surface area contributed by atoms with Crippen LogP contribution >= 0.6 is 0 Å². The zero-order valence-electron chi connectivity index (χ0n) is 8.36. The van der Waals surface area contributed by atoms with Crippen molar-refractivity contribution < 1.29 is 14.3 Å². The summed E-state index contributed by atoms with van der Waals surface area (Å²) < 4.78 is 4.79. The van der Waals surface area contributed by atoms with E-state index in [0.717, 1.165) is 19.5 Å². The minimum absolute atomic E-state index is 0.0974. The quantitative estimate of drug-likeness (QED) is 0.572. The molecular weight excluding hydrogens is 182 g/mol. The molecule has 2 fully saturated rings. The van der Waals surface area contributed by atoms with E-state index in [1.54, 1.807) is 0 Å². The summed E-state index contributed by atoms with van der Waals surface area (Å²) in [4.78, 5) is 24.5. The van der Waals surface area contributed by atoms with Gasteiger partial charge in [-0.2, -0.15) is 0 Å². The SMILES string of the molecule is CC1CCN(C(=O)[C@H]2COC(=O)C2)C1. The van der Waals surface area contributed by atoms with Gasteiger partial charge in [0, 0.05) is 13.1 Å². The first-order valence-electron chi connectivity index (χ1n) is 5.11. The average Bonchev–Trinajstić information content (AvgIpc) is 2.73. The Labute approximate surface area is 83.2 Å². The zero-order chi connectivity index (χ0) is 10.1. The number of hydrogen-bond acceptors (Lipinski definition) is 3. The molecule has 0 aliphatic carbocycles. The number of carbonyl (C=O) groups excluding carboxylic acids is 2. The Kier molecular flexibility index (Phi) is 2.44. The lowest BCUT2D eigenvalue weighted by atomic mass is 10.1. The van der Waals surface area contributed by atoms with Crippen molar-refractivity contribution in [1.29, 1.82) is 0 Å². The van der Waals surface area contributed by atoms with E-state index in [1.165, 1.54) is 0 Å². The summed E-state index contributed by atoms with van der Waals surface area (Å²) >= 11 is 0. The Balaban J connectivity index is 1.92. The van der Waals surface area contributed by atoms with Crippen molar-refractivity contribution in [2.75, 3.05) is 19.7 Å². The maximum absolute atomic E-state index is 11.8. The van der Waals surface area contributed by atoms with E-state index >= 15 is 0 Å². The van der Waals surface area contributed by atoms with Crippen LogP contribution in [0.15, 0.2) is 0 Å². The molecule has 4 heteroatoms. The van der Waals surface area contributed by atoms with Crippen LogP contribution in [-0.2, 0) is 14.3 Å². The Bertz CT molecular complexity index is 264. The van der Waals surface area contributed by atoms with Gasteiger partial charge in [-0.3, -0.25) is 9.59 Å². The molecule has 0 saturated carbocycles. The Morgan fingerprint density at radius 3 is 2.86 bits per heavy atom. The molecule has 0 spiro atoms. The van der Waals surface area contributed by atoms with Gasteiger partial charge >= 0.3 is 5.97 Å². The molecule has 1 amide bonds. The van der Waals surface area contributed by atoms with Crippen LogP contribution in [0, 0.1) is 11.8 Å². The molecule has 0 N–H and O–H groups in total. The van der Waals surface area contributed by atoms with Crippen molar-refractivity contribution >= 4 is 11.9 Å². The van der Waals surface area contributed by atoms with Crippen molar-refractivity contribution in [3.05, 3.63) is 0 Å². The van der Waals surface area contributed by atoms with Gasteiger partial charge in [0.2, 0.25) is 5.91 Å². The van der Waals surface area contributed by atoms with Crippen LogP contribution in [0.1, 0.15) is 19.8 Å². The van der Waals surface area contributed by atoms with Gasteiger partial charge in [-0.1, -0.05) is 6.92 Å². The number of ether oxygens (including phenoxy) is 1. The molecule has 14 heavy (non-hydrogen) atoms. The summed E-state index contributed by atoms with van der Waals surface area (Å²) in [6.07, 6.45) is 1.34. The largest absolute Gasteiger partial charge is 0.465 e. The Morgan fingerprint density at radius 2 is 2.36 bits per heavy atom. The van der Waals surface area contributed by atoms with Crippen LogP contribution in [0.4, 0.5) is 0 Å². The first kappa shape index (κ1) is 9.49. The first-order chi connectivity index (χ1) is 6.66. The van der Waals surface area contributed by atoms with E-state index in [1.807, 2.05) is 4.90 Å². The van der Waals surface area contributed by atoms with Gasteiger partial charge < -0.3 is 9.64 Å². The fraction of sp³-hybridized carbons (Fsp3) is 0.800. The number of likely N-dealkylation sites (tertiary alicyclic amines) is 1. The van der Waals surface area contributed by atoms with Crippen LogP contribution in [0.25, 0.3) is 0 Å². The summed E-state index contributed by atoms with van der Waals surface area (Å²) in [6, 6.07) is 0. The molecule has 2 saturated heterocycles. The van der Waals surface area contributed by atoms with Crippen LogP contribution < -0.4 is 0 Å². The monoisotopic (exact) mass is 197 g/mol. The fourth-order valence-electron chi connectivity index (χ4n) is 2.06. The van der Waals surface area contributed by atoms with Gasteiger partial charge in [-0.15, -0.1) is 0 Å². The highest BCUT2D eigenvalue weighted by molar-refractivity contribution is 5.86. The standard InChI is InChI=1S/C10H15NO3/c1-7-2-3-11(5-7)10(13)8-4-9(12)14-6-8/h7-8H,2-6H2,1H3/t7?,8-/m1/s1. The van der Waals surface area contributed by atoms with Crippen LogP contribution in [-0.4, -0.2) is 36.5 Å². The van der Waals surface area contributed by atoms with E-state index in [-0.39, 0.29) is 30.8 Å². The summed E-state index contributed by atoms with van der Waals surface area (Å²) in [5.74, 6) is 0.237. The van der Waals surface area contributed by atoms with Crippen LogP contribution in [0.2, 0.25) is 0 Å². The molecule has 4 nitrogen and oxygen atoms in total. The third kappa shape index (κ3) is 1.74.